The largest absolute Gasteiger partial charge is 0.350 e. The van der Waals surface area contributed by atoms with Gasteiger partial charge in [-0.15, -0.1) is 0 Å². The van der Waals surface area contributed by atoms with Crippen molar-refractivity contribution in [1.29, 1.82) is 0 Å². The maximum Gasteiger partial charge on any atom is 0.273 e. The van der Waals surface area contributed by atoms with Gasteiger partial charge in [0, 0.05) is 24.7 Å². The van der Waals surface area contributed by atoms with Crippen molar-refractivity contribution in [3.63, 3.8) is 0 Å². The second-order valence-electron chi connectivity index (χ2n) is 6.33. The van der Waals surface area contributed by atoms with Crippen molar-refractivity contribution in [3.8, 4) is 0 Å². The maximum absolute atomic E-state index is 14.3. The van der Waals surface area contributed by atoms with Gasteiger partial charge in [-0.2, -0.15) is 5.10 Å². The van der Waals surface area contributed by atoms with E-state index >= 15 is 0 Å². The van der Waals surface area contributed by atoms with Crippen LogP contribution in [0.1, 0.15) is 48.7 Å². The minimum absolute atomic E-state index is 0.207. The van der Waals surface area contributed by atoms with Crippen LogP contribution in [-0.4, -0.2) is 22.2 Å². The van der Waals surface area contributed by atoms with E-state index in [0.29, 0.717) is 23.7 Å². The molecular formula is C18H21ClFN3O. The first-order chi connectivity index (χ1) is 11.6. The first kappa shape index (κ1) is 17.0. The minimum atomic E-state index is -0.346. The molecule has 0 bridgehead atoms. The summed E-state index contributed by atoms with van der Waals surface area (Å²) in [6.07, 6.45) is 5.44. The van der Waals surface area contributed by atoms with Gasteiger partial charge < -0.3 is 5.32 Å². The third kappa shape index (κ3) is 3.18. The Labute approximate surface area is 146 Å². The zero-order valence-electron chi connectivity index (χ0n) is 13.7. The van der Waals surface area contributed by atoms with Gasteiger partial charge in [-0.1, -0.05) is 42.6 Å². The highest BCUT2D eigenvalue weighted by molar-refractivity contribution is 6.33. The second kappa shape index (κ2) is 6.93. The number of halogens is 2. The van der Waals surface area contributed by atoms with Crippen LogP contribution in [0.4, 0.5) is 4.39 Å². The molecule has 0 saturated heterocycles. The molecule has 1 aromatic carbocycles. The van der Waals surface area contributed by atoms with Crippen LogP contribution in [0.15, 0.2) is 30.5 Å². The standard InChI is InChI=1S/C18H21ClFN3O/c1-2-23-11-14(19)16(22-23)17(24)21-12-18(9-5-6-10-18)13-7-3-4-8-15(13)20/h3-4,7-8,11H,2,5-6,9-10,12H2,1H3,(H,21,24). The summed E-state index contributed by atoms with van der Waals surface area (Å²) in [6.45, 7) is 2.96. The Bertz CT molecular complexity index is 738. The van der Waals surface area contributed by atoms with E-state index in [2.05, 4.69) is 10.4 Å². The Kier molecular flexibility index (Phi) is 4.90. The van der Waals surface area contributed by atoms with Crippen molar-refractivity contribution in [2.24, 2.45) is 0 Å². The van der Waals surface area contributed by atoms with Crippen LogP contribution in [0.3, 0.4) is 0 Å². The lowest BCUT2D eigenvalue weighted by Crippen LogP contribution is -2.39. The third-order valence-electron chi connectivity index (χ3n) is 4.85. The van der Waals surface area contributed by atoms with Crippen LogP contribution in [-0.2, 0) is 12.0 Å². The molecular weight excluding hydrogens is 329 g/mol. The molecule has 1 amide bonds. The maximum atomic E-state index is 14.3. The first-order valence-electron chi connectivity index (χ1n) is 8.32. The molecule has 128 valence electrons. The number of benzene rings is 1. The average Bonchev–Trinajstić information content (AvgIpc) is 3.20. The van der Waals surface area contributed by atoms with Gasteiger partial charge in [0.1, 0.15) is 5.82 Å². The van der Waals surface area contributed by atoms with E-state index in [1.165, 1.54) is 6.07 Å². The fourth-order valence-electron chi connectivity index (χ4n) is 3.53. The van der Waals surface area contributed by atoms with E-state index in [1.807, 2.05) is 19.1 Å². The monoisotopic (exact) mass is 349 g/mol. The van der Waals surface area contributed by atoms with E-state index in [1.54, 1.807) is 16.9 Å². The Balaban J connectivity index is 1.79. The van der Waals surface area contributed by atoms with Gasteiger partial charge in [-0.05, 0) is 31.4 Å². The van der Waals surface area contributed by atoms with Gasteiger partial charge >= 0.3 is 0 Å². The van der Waals surface area contributed by atoms with Crippen LogP contribution >= 0.6 is 11.6 Å². The number of carbonyl (C=O) groups excluding carboxylic acids is 1. The number of carbonyl (C=O) groups is 1. The molecule has 4 nitrogen and oxygen atoms in total. The molecule has 0 spiro atoms. The Morgan fingerprint density at radius 1 is 1.38 bits per heavy atom. The predicted octanol–water partition coefficient (Wildman–Crippen LogP) is 3.94. The van der Waals surface area contributed by atoms with E-state index < -0.39 is 0 Å². The van der Waals surface area contributed by atoms with Crippen molar-refractivity contribution in [2.75, 3.05) is 6.54 Å². The number of aromatic nitrogens is 2. The van der Waals surface area contributed by atoms with Crippen LogP contribution in [0.5, 0.6) is 0 Å². The van der Waals surface area contributed by atoms with Crippen LogP contribution in [0.2, 0.25) is 5.02 Å². The molecule has 1 aliphatic rings. The normalized spacial score (nSPS) is 16.3. The molecule has 1 heterocycles. The molecule has 0 radical (unpaired) electrons. The first-order valence-corrected chi connectivity index (χ1v) is 8.70. The molecule has 6 heteroatoms. The minimum Gasteiger partial charge on any atom is -0.350 e. The third-order valence-corrected chi connectivity index (χ3v) is 5.13. The summed E-state index contributed by atoms with van der Waals surface area (Å²) < 4.78 is 15.9. The molecule has 0 atom stereocenters. The van der Waals surface area contributed by atoms with Gasteiger partial charge in [-0.3, -0.25) is 9.48 Å². The zero-order valence-corrected chi connectivity index (χ0v) is 14.4. The van der Waals surface area contributed by atoms with Gasteiger partial charge in [0.2, 0.25) is 0 Å². The SMILES string of the molecule is CCn1cc(Cl)c(C(=O)NCC2(c3ccccc3F)CCCC2)n1. The fraction of sp³-hybridized carbons (Fsp3) is 0.444. The fourth-order valence-corrected chi connectivity index (χ4v) is 3.77. The van der Waals surface area contributed by atoms with Crippen LogP contribution in [0, 0.1) is 5.82 Å². The molecule has 0 unspecified atom stereocenters. The van der Waals surface area contributed by atoms with Gasteiger partial charge in [-0.25, -0.2) is 4.39 Å². The second-order valence-corrected chi connectivity index (χ2v) is 6.74. The summed E-state index contributed by atoms with van der Waals surface area (Å²) >= 11 is 6.09. The summed E-state index contributed by atoms with van der Waals surface area (Å²) in [5, 5.41) is 7.44. The molecule has 1 fully saturated rings. The quantitative estimate of drug-likeness (QED) is 0.888. The number of amides is 1. The Morgan fingerprint density at radius 3 is 2.71 bits per heavy atom. The lowest BCUT2D eigenvalue weighted by molar-refractivity contribution is 0.0937. The van der Waals surface area contributed by atoms with Crippen molar-refractivity contribution in [2.45, 2.75) is 44.6 Å². The van der Waals surface area contributed by atoms with Gasteiger partial charge in [0.25, 0.3) is 5.91 Å². The Morgan fingerprint density at radius 2 is 2.08 bits per heavy atom. The van der Waals surface area contributed by atoms with E-state index in [0.717, 1.165) is 25.7 Å². The molecule has 1 saturated carbocycles. The summed E-state index contributed by atoms with van der Waals surface area (Å²) in [4.78, 5) is 12.4. The van der Waals surface area contributed by atoms with E-state index in [-0.39, 0.29) is 22.8 Å². The predicted molar refractivity (Wildman–Crippen MR) is 91.8 cm³/mol. The zero-order chi connectivity index (χ0) is 17.2. The number of rotatable bonds is 5. The lowest BCUT2D eigenvalue weighted by Gasteiger charge is -2.30. The lowest BCUT2D eigenvalue weighted by atomic mass is 9.78. The highest BCUT2D eigenvalue weighted by atomic mass is 35.5. The Hall–Kier alpha value is -1.88. The molecule has 24 heavy (non-hydrogen) atoms. The van der Waals surface area contributed by atoms with Crippen LogP contribution in [0.25, 0.3) is 0 Å². The molecule has 1 N–H and O–H groups in total. The van der Waals surface area contributed by atoms with Crippen molar-refractivity contribution in [3.05, 3.63) is 52.6 Å². The van der Waals surface area contributed by atoms with Gasteiger partial charge in [0.05, 0.1) is 5.02 Å². The number of hydrogen-bond donors (Lipinski definition) is 1. The molecule has 0 aliphatic heterocycles. The molecule has 1 aliphatic carbocycles. The molecule has 1 aromatic heterocycles. The number of nitrogens with zero attached hydrogens (tertiary/aromatic N) is 2. The van der Waals surface area contributed by atoms with Gasteiger partial charge in [0.15, 0.2) is 5.69 Å². The number of hydrogen-bond acceptors (Lipinski definition) is 2. The van der Waals surface area contributed by atoms with Crippen molar-refractivity contribution in [1.82, 2.24) is 15.1 Å². The molecule has 3 rings (SSSR count). The summed E-state index contributed by atoms with van der Waals surface area (Å²) in [6, 6.07) is 6.85. The van der Waals surface area contributed by atoms with E-state index in [4.69, 9.17) is 11.6 Å². The molecule has 2 aromatic rings. The van der Waals surface area contributed by atoms with E-state index in [9.17, 15) is 9.18 Å². The average molecular weight is 350 g/mol. The van der Waals surface area contributed by atoms with Crippen LogP contribution < -0.4 is 5.32 Å². The summed E-state index contributed by atoms with van der Waals surface area (Å²) in [5.41, 5.74) is 0.564. The van der Waals surface area contributed by atoms with Crippen molar-refractivity contribution < 1.29 is 9.18 Å². The number of nitrogens with one attached hydrogen (secondary N) is 1. The highest BCUT2D eigenvalue weighted by Gasteiger charge is 2.38. The summed E-state index contributed by atoms with van der Waals surface area (Å²) in [7, 11) is 0. The van der Waals surface area contributed by atoms with Crippen molar-refractivity contribution >= 4 is 17.5 Å². The highest BCUT2D eigenvalue weighted by Crippen LogP contribution is 2.41. The number of aryl methyl sites for hydroxylation is 1. The summed E-state index contributed by atoms with van der Waals surface area (Å²) in [5.74, 6) is -0.517. The topological polar surface area (TPSA) is 46.9 Å². The smallest absolute Gasteiger partial charge is 0.273 e.